The van der Waals surface area contributed by atoms with E-state index in [9.17, 15) is 4.79 Å². The molecule has 0 radical (unpaired) electrons. The van der Waals surface area contributed by atoms with Crippen molar-refractivity contribution in [3.63, 3.8) is 0 Å². The van der Waals surface area contributed by atoms with Gasteiger partial charge in [-0.2, -0.15) is 0 Å². The lowest BCUT2D eigenvalue weighted by atomic mass is 9.95. The zero-order valence-electron chi connectivity index (χ0n) is 16.7. The van der Waals surface area contributed by atoms with Gasteiger partial charge in [-0.25, -0.2) is 4.98 Å². The molecule has 2 aromatic carbocycles. The number of benzene rings is 2. The SMILES string of the molecule is CC(C)C(NC(=O)c1ccc(Cn2ccnc2)cc1)c1ccc2c(c1)OCCO2. The molecule has 1 atom stereocenters. The lowest BCUT2D eigenvalue weighted by Gasteiger charge is -2.25. The Morgan fingerprint density at radius 3 is 2.55 bits per heavy atom. The number of fused-ring (bicyclic) bond motifs is 1. The van der Waals surface area contributed by atoms with Gasteiger partial charge in [0, 0.05) is 24.5 Å². The van der Waals surface area contributed by atoms with Crippen LogP contribution >= 0.6 is 0 Å². The van der Waals surface area contributed by atoms with Gasteiger partial charge in [0.25, 0.3) is 5.91 Å². The summed E-state index contributed by atoms with van der Waals surface area (Å²) in [4.78, 5) is 16.9. The van der Waals surface area contributed by atoms with Gasteiger partial charge in [0.1, 0.15) is 13.2 Å². The van der Waals surface area contributed by atoms with Crippen molar-refractivity contribution >= 4 is 5.91 Å². The molecule has 0 saturated carbocycles. The summed E-state index contributed by atoms with van der Waals surface area (Å²) in [5, 5.41) is 3.17. The monoisotopic (exact) mass is 391 g/mol. The lowest BCUT2D eigenvalue weighted by Crippen LogP contribution is -2.32. The first kappa shape index (κ1) is 19.1. The van der Waals surface area contributed by atoms with Gasteiger partial charge in [0.2, 0.25) is 0 Å². The number of nitrogens with zero attached hydrogens (tertiary/aromatic N) is 2. The van der Waals surface area contributed by atoms with Crippen molar-refractivity contribution in [2.75, 3.05) is 13.2 Å². The van der Waals surface area contributed by atoms with E-state index in [0.29, 0.717) is 18.8 Å². The largest absolute Gasteiger partial charge is 0.486 e. The number of ether oxygens (including phenoxy) is 2. The first-order chi connectivity index (χ1) is 14.1. The fourth-order valence-electron chi connectivity index (χ4n) is 3.47. The molecular weight excluding hydrogens is 366 g/mol. The number of hydrogen-bond donors (Lipinski definition) is 1. The van der Waals surface area contributed by atoms with Crippen LogP contribution < -0.4 is 14.8 Å². The van der Waals surface area contributed by atoms with Crippen LogP contribution in [0.5, 0.6) is 11.5 Å². The number of carbonyl (C=O) groups excluding carboxylic acids is 1. The number of aromatic nitrogens is 2. The van der Waals surface area contributed by atoms with Gasteiger partial charge in [-0.1, -0.05) is 32.0 Å². The fraction of sp³-hybridized carbons (Fsp3) is 0.304. The smallest absolute Gasteiger partial charge is 0.251 e. The topological polar surface area (TPSA) is 65.4 Å². The van der Waals surface area contributed by atoms with Crippen LogP contribution in [0.4, 0.5) is 0 Å². The summed E-state index contributed by atoms with van der Waals surface area (Å²) in [5.74, 6) is 1.62. The van der Waals surface area contributed by atoms with Gasteiger partial charge in [0.15, 0.2) is 11.5 Å². The Labute approximate surface area is 170 Å². The number of rotatable bonds is 6. The Kier molecular flexibility index (Phi) is 5.51. The van der Waals surface area contributed by atoms with Crippen molar-refractivity contribution in [1.29, 1.82) is 0 Å². The van der Waals surface area contributed by atoms with Crippen molar-refractivity contribution in [2.24, 2.45) is 5.92 Å². The minimum Gasteiger partial charge on any atom is -0.486 e. The van der Waals surface area contributed by atoms with Crippen LogP contribution in [-0.4, -0.2) is 28.7 Å². The Hall–Kier alpha value is -3.28. The van der Waals surface area contributed by atoms with Crippen molar-refractivity contribution < 1.29 is 14.3 Å². The Morgan fingerprint density at radius 2 is 1.86 bits per heavy atom. The molecule has 29 heavy (non-hydrogen) atoms. The van der Waals surface area contributed by atoms with Crippen LogP contribution in [-0.2, 0) is 6.54 Å². The van der Waals surface area contributed by atoms with Crippen LogP contribution in [0.2, 0.25) is 0 Å². The third-order valence-corrected chi connectivity index (χ3v) is 5.02. The van der Waals surface area contributed by atoms with E-state index in [-0.39, 0.29) is 17.9 Å². The predicted molar refractivity (Wildman–Crippen MR) is 110 cm³/mol. The third kappa shape index (κ3) is 4.42. The molecule has 2 heterocycles. The van der Waals surface area contributed by atoms with Crippen molar-refractivity contribution in [2.45, 2.75) is 26.4 Å². The molecule has 1 aliphatic heterocycles. The van der Waals surface area contributed by atoms with Crippen molar-refractivity contribution in [3.05, 3.63) is 77.9 Å². The maximum atomic E-state index is 12.9. The summed E-state index contributed by atoms with van der Waals surface area (Å²) in [6, 6.07) is 13.4. The first-order valence-corrected chi connectivity index (χ1v) is 9.85. The molecule has 0 saturated heterocycles. The Bertz CT molecular complexity index is 966. The molecule has 1 unspecified atom stereocenters. The van der Waals surface area contributed by atoms with E-state index in [0.717, 1.165) is 29.2 Å². The molecule has 0 spiro atoms. The number of imidazole rings is 1. The second kappa shape index (κ2) is 8.39. The lowest BCUT2D eigenvalue weighted by molar-refractivity contribution is 0.0925. The highest BCUT2D eigenvalue weighted by Gasteiger charge is 2.22. The van der Waals surface area contributed by atoms with E-state index < -0.39 is 0 Å². The Balaban J connectivity index is 1.47. The molecule has 1 N–H and O–H groups in total. The van der Waals surface area contributed by atoms with Gasteiger partial charge < -0.3 is 19.4 Å². The zero-order valence-corrected chi connectivity index (χ0v) is 16.7. The van der Waals surface area contributed by atoms with Gasteiger partial charge in [-0.15, -0.1) is 0 Å². The van der Waals surface area contributed by atoms with Gasteiger partial charge in [-0.3, -0.25) is 4.79 Å². The number of nitrogens with one attached hydrogen (secondary N) is 1. The molecule has 0 fully saturated rings. The van der Waals surface area contributed by atoms with Gasteiger partial charge >= 0.3 is 0 Å². The minimum atomic E-state index is -0.121. The van der Waals surface area contributed by atoms with Crippen LogP contribution in [0.25, 0.3) is 0 Å². The summed E-state index contributed by atoms with van der Waals surface area (Å²) < 4.78 is 13.3. The molecule has 4 rings (SSSR count). The molecule has 150 valence electrons. The van der Waals surface area contributed by atoms with Crippen molar-refractivity contribution in [1.82, 2.24) is 14.9 Å². The quantitative estimate of drug-likeness (QED) is 0.694. The number of amides is 1. The van der Waals surface area contributed by atoms with Crippen LogP contribution in [0, 0.1) is 5.92 Å². The molecule has 0 bridgehead atoms. The maximum absolute atomic E-state index is 12.9. The third-order valence-electron chi connectivity index (χ3n) is 5.02. The van der Waals surface area contributed by atoms with E-state index >= 15 is 0 Å². The summed E-state index contributed by atoms with van der Waals surface area (Å²) >= 11 is 0. The average Bonchev–Trinajstić information content (AvgIpc) is 3.25. The number of hydrogen-bond acceptors (Lipinski definition) is 4. The zero-order chi connectivity index (χ0) is 20.2. The van der Waals surface area contributed by atoms with E-state index in [1.54, 1.807) is 12.5 Å². The van der Waals surface area contributed by atoms with Gasteiger partial charge in [-0.05, 0) is 41.3 Å². The highest BCUT2D eigenvalue weighted by atomic mass is 16.6. The van der Waals surface area contributed by atoms with Crippen molar-refractivity contribution in [3.8, 4) is 11.5 Å². The molecular formula is C23H25N3O3. The van der Waals surface area contributed by atoms with E-state index in [2.05, 4.69) is 24.1 Å². The van der Waals surface area contributed by atoms with Crippen LogP contribution in [0.3, 0.4) is 0 Å². The minimum absolute atomic E-state index is 0.0900. The normalized spacial score (nSPS) is 13.9. The molecule has 3 aromatic rings. The average molecular weight is 391 g/mol. The molecule has 0 aliphatic carbocycles. The Morgan fingerprint density at radius 1 is 1.10 bits per heavy atom. The van der Waals surface area contributed by atoms with E-state index in [1.807, 2.05) is 53.2 Å². The van der Waals surface area contributed by atoms with Gasteiger partial charge in [0.05, 0.1) is 12.4 Å². The van der Waals surface area contributed by atoms with E-state index in [4.69, 9.17) is 9.47 Å². The highest BCUT2D eigenvalue weighted by Crippen LogP contribution is 2.34. The predicted octanol–water partition coefficient (Wildman–Crippen LogP) is 3.83. The summed E-state index contributed by atoms with van der Waals surface area (Å²) in [7, 11) is 0. The van der Waals surface area contributed by atoms with E-state index in [1.165, 1.54) is 0 Å². The molecule has 6 nitrogen and oxygen atoms in total. The summed E-state index contributed by atoms with van der Waals surface area (Å²) in [6.07, 6.45) is 5.45. The first-order valence-electron chi connectivity index (χ1n) is 9.85. The fourth-order valence-corrected chi connectivity index (χ4v) is 3.47. The summed E-state index contributed by atoms with van der Waals surface area (Å²) in [5.41, 5.74) is 2.77. The molecule has 1 aromatic heterocycles. The van der Waals surface area contributed by atoms with Crippen LogP contribution in [0.1, 0.15) is 41.4 Å². The standard InChI is InChI=1S/C23H25N3O3/c1-16(2)22(19-7-8-20-21(13-19)29-12-11-28-20)25-23(27)18-5-3-17(4-6-18)14-26-10-9-24-15-26/h3-10,13,15-16,22H,11-12,14H2,1-2H3,(H,25,27). The second-order valence-electron chi connectivity index (χ2n) is 7.53. The van der Waals surface area contributed by atoms with Crippen LogP contribution in [0.15, 0.2) is 61.2 Å². The summed E-state index contributed by atoms with van der Waals surface area (Å²) in [6.45, 7) is 6.02. The molecule has 1 aliphatic rings. The molecule has 6 heteroatoms. The second-order valence-corrected chi connectivity index (χ2v) is 7.53. The molecule has 1 amide bonds. The highest BCUT2D eigenvalue weighted by molar-refractivity contribution is 5.94. The number of carbonyl (C=O) groups is 1. The maximum Gasteiger partial charge on any atom is 0.251 e.